The third-order valence-corrected chi connectivity index (χ3v) is 16.9. The third-order valence-electron chi connectivity index (χ3n) is 12.2. The number of amides is 3. The highest BCUT2D eigenvalue weighted by Crippen LogP contribution is 2.27. The molecule has 1 fully saturated rings. The molecule has 8 aromatic rings. The van der Waals surface area contributed by atoms with Crippen LogP contribution in [0.4, 0.5) is 0 Å². The molecule has 1 aliphatic rings. The van der Waals surface area contributed by atoms with Crippen molar-refractivity contribution in [3.63, 3.8) is 0 Å². The minimum absolute atomic E-state index is 0.0938. The molecule has 0 aliphatic carbocycles. The Balaban J connectivity index is 0.000000164. The molecule has 4 atom stereocenters. The highest BCUT2D eigenvalue weighted by Gasteiger charge is 2.31. The number of nitrogens with one attached hydrogen (secondary N) is 3. The fourth-order valence-corrected chi connectivity index (χ4v) is 12.1. The van der Waals surface area contributed by atoms with E-state index >= 15 is 0 Å². The van der Waals surface area contributed by atoms with Crippen LogP contribution < -0.4 is 16.0 Å². The molecule has 1 aliphatic heterocycles. The molecular weight excluding hydrogens is 1040 g/mol. The molecule has 1 saturated heterocycles. The number of ether oxygens (including phenoxy) is 1. The number of aromatic nitrogens is 5. The van der Waals surface area contributed by atoms with E-state index in [2.05, 4.69) is 61.6 Å². The Labute approximate surface area is 456 Å². The maximum Gasteiger partial charge on any atom is 0.280 e. The number of nitrogens with zero attached hydrogens (tertiary/aromatic N) is 5. The summed E-state index contributed by atoms with van der Waals surface area (Å²) in [5.41, 5.74) is 4.07. The molecule has 4 unspecified atom stereocenters. The van der Waals surface area contributed by atoms with Gasteiger partial charge < -0.3 is 20.7 Å². The lowest BCUT2D eigenvalue weighted by Crippen LogP contribution is -2.45. The van der Waals surface area contributed by atoms with Gasteiger partial charge in [0.1, 0.15) is 11.0 Å². The van der Waals surface area contributed by atoms with Crippen molar-refractivity contribution in [1.82, 2.24) is 40.9 Å². The zero-order valence-electron chi connectivity index (χ0n) is 42.3. The first-order chi connectivity index (χ1) is 36.6. The number of carbonyl (C=O) groups excluding carboxylic acids is 6. The predicted octanol–water partition coefficient (Wildman–Crippen LogP) is 12.4. The van der Waals surface area contributed by atoms with E-state index in [0.717, 1.165) is 101 Å². The summed E-state index contributed by atoms with van der Waals surface area (Å²) in [6, 6.07) is 21.4. The van der Waals surface area contributed by atoms with Crippen LogP contribution in [-0.4, -0.2) is 90.8 Å². The molecule has 5 aromatic heterocycles. The van der Waals surface area contributed by atoms with Crippen LogP contribution in [0.1, 0.15) is 160 Å². The molecule has 3 N–H and O–H groups in total. The number of ketones is 3. The fraction of sp³-hybridized carbons (Fsp3) is 0.400. The fourth-order valence-electron chi connectivity index (χ4n) is 8.14. The van der Waals surface area contributed by atoms with E-state index in [-0.39, 0.29) is 35.1 Å². The van der Waals surface area contributed by atoms with Crippen LogP contribution in [0.2, 0.25) is 0 Å². The summed E-state index contributed by atoms with van der Waals surface area (Å²) >= 11 is 6.67. The van der Waals surface area contributed by atoms with Crippen LogP contribution in [0.15, 0.2) is 96.1 Å². The Morgan fingerprint density at radius 2 is 1.03 bits per heavy atom. The Bertz CT molecular complexity index is 2870. The lowest BCUT2D eigenvalue weighted by molar-refractivity contribution is -0.130. The van der Waals surface area contributed by atoms with Gasteiger partial charge in [-0.1, -0.05) is 115 Å². The Morgan fingerprint density at radius 3 is 1.41 bits per heavy atom. The van der Waals surface area contributed by atoms with Gasteiger partial charge in [0.15, 0.2) is 20.0 Å². The normalized spacial score (nSPS) is 14.3. The zero-order valence-corrected chi connectivity index (χ0v) is 46.4. The van der Waals surface area contributed by atoms with Gasteiger partial charge in [0.05, 0.1) is 60.5 Å². The average Bonchev–Trinajstić information content (AvgIpc) is 4.30. The molecule has 0 saturated carbocycles. The second-order valence-corrected chi connectivity index (χ2v) is 22.7. The van der Waals surface area contributed by atoms with Crippen molar-refractivity contribution >= 4 is 122 Å². The van der Waals surface area contributed by atoms with E-state index in [1.165, 1.54) is 62.9 Å². The monoisotopic (exact) mass is 1110 g/mol. The van der Waals surface area contributed by atoms with Crippen molar-refractivity contribution in [2.24, 2.45) is 0 Å². The largest absolute Gasteiger partial charge is 0.368 e. The van der Waals surface area contributed by atoms with Gasteiger partial charge in [-0.15, -0.1) is 56.7 Å². The number of Topliss-reactive ketones (excluding diaryl/α,β-unsaturated/α-hetero) is 3. The van der Waals surface area contributed by atoms with Crippen LogP contribution in [0, 0.1) is 0 Å². The van der Waals surface area contributed by atoms with Crippen LogP contribution in [0.5, 0.6) is 0 Å². The molecular formula is C55H62N8O7S5. The second kappa shape index (κ2) is 29.3. The van der Waals surface area contributed by atoms with Crippen molar-refractivity contribution in [3.8, 4) is 0 Å². The van der Waals surface area contributed by atoms with Gasteiger partial charge in [0.25, 0.3) is 11.8 Å². The van der Waals surface area contributed by atoms with Crippen LogP contribution >= 0.6 is 56.7 Å². The van der Waals surface area contributed by atoms with Crippen LogP contribution in [0.3, 0.4) is 0 Å². The highest BCUT2D eigenvalue weighted by atomic mass is 32.1. The minimum Gasteiger partial charge on any atom is -0.368 e. The lowest BCUT2D eigenvalue weighted by atomic mass is 10.0. The van der Waals surface area contributed by atoms with E-state index < -0.39 is 24.2 Å². The lowest BCUT2D eigenvalue weighted by Gasteiger charge is -2.18. The Kier molecular flexibility index (Phi) is 22.2. The molecule has 9 rings (SSSR count). The molecule has 0 bridgehead atoms. The summed E-state index contributed by atoms with van der Waals surface area (Å²) in [7, 11) is 0. The van der Waals surface area contributed by atoms with Crippen LogP contribution in [-0.2, 0) is 9.53 Å². The molecule has 15 nitrogen and oxygen atoms in total. The molecule has 394 valence electrons. The van der Waals surface area contributed by atoms with Crippen molar-refractivity contribution in [2.45, 2.75) is 135 Å². The quantitative estimate of drug-likeness (QED) is 0.0381. The van der Waals surface area contributed by atoms with Crippen LogP contribution in [0.25, 0.3) is 30.6 Å². The standard InChI is InChI=1S/C19H24N2O3S.2C18H19N3O2S2/c1-2-3-4-9-14(20-18(23)15-10-7-12-24-15)17(22)19-21-13-8-5-6-11-16(13)25-19;1-2-3-4-8-13(20-17(23)15-10-19-11-24-15)16(22)18-21-12-7-5-6-9-14(12)25-18;1-2-3-4-8-13(20-16(23)18-19-10-11-24-18)15(22)17-21-12-7-5-6-9-14(12)25-17/h5-6,8,11,14-15H,2-4,7,9-10,12H2,1H3,(H,20,23);2*5-7,9-11,13H,2-4,8H2,1H3,(H,20,23). The van der Waals surface area contributed by atoms with Gasteiger partial charge in [0, 0.05) is 18.2 Å². The van der Waals surface area contributed by atoms with Gasteiger partial charge in [-0.3, -0.25) is 33.8 Å². The van der Waals surface area contributed by atoms with Crippen molar-refractivity contribution in [2.75, 3.05) is 6.61 Å². The minimum atomic E-state index is -0.566. The first kappa shape index (κ1) is 56.7. The van der Waals surface area contributed by atoms with Crippen molar-refractivity contribution in [1.29, 1.82) is 0 Å². The molecule has 3 amide bonds. The molecule has 0 radical (unpaired) electrons. The number of fused-ring (bicyclic) bond motifs is 3. The first-order valence-corrected chi connectivity index (χ1v) is 29.8. The zero-order chi connectivity index (χ0) is 52.9. The number of rotatable bonds is 24. The van der Waals surface area contributed by atoms with Gasteiger partial charge >= 0.3 is 0 Å². The topological polar surface area (TPSA) is 212 Å². The number of benzene rings is 3. The van der Waals surface area contributed by atoms with Gasteiger partial charge in [0.2, 0.25) is 23.3 Å². The summed E-state index contributed by atoms with van der Waals surface area (Å²) < 4.78 is 8.38. The summed E-state index contributed by atoms with van der Waals surface area (Å²) in [4.78, 5) is 97.7. The van der Waals surface area contributed by atoms with Gasteiger partial charge in [-0.05, 0) is 68.5 Å². The number of hydrogen-bond acceptors (Lipinski definition) is 17. The molecule has 0 spiro atoms. The number of para-hydroxylation sites is 3. The van der Waals surface area contributed by atoms with E-state index in [9.17, 15) is 28.8 Å². The summed E-state index contributed by atoms with van der Waals surface area (Å²) in [5, 5.41) is 12.1. The van der Waals surface area contributed by atoms with E-state index in [0.29, 0.717) is 50.8 Å². The first-order valence-electron chi connectivity index (χ1n) is 25.6. The smallest absolute Gasteiger partial charge is 0.280 e. The molecule has 75 heavy (non-hydrogen) atoms. The summed E-state index contributed by atoms with van der Waals surface area (Å²) in [6.45, 7) is 6.96. The SMILES string of the molecule is CCCCCC(NC(=O)C1CCCO1)C(=O)c1nc2ccccc2s1.CCCCCC(NC(=O)c1cncs1)C(=O)c1nc2ccccc2s1.CCCCCC(NC(=O)c1nccs1)C(=O)c1nc2ccccc2s1. The Morgan fingerprint density at radius 1 is 0.573 bits per heavy atom. The Hall–Kier alpha value is -6.03. The number of thiazole rings is 5. The number of carbonyl (C=O) groups is 6. The number of unbranched alkanes of at least 4 members (excludes halogenated alkanes) is 6. The van der Waals surface area contributed by atoms with E-state index in [4.69, 9.17) is 4.74 Å². The van der Waals surface area contributed by atoms with Gasteiger partial charge in [-0.25, -0.2) is 19.9 Å². The maximum atomic E-state index is 13.0. The molecule has 6 heterocycles. The predicted molar refractivity (Wildman–Crippen MR) is 302 cm³/mol. The summed E-state index contributed by atoms with van der Waals surface area (Å²) in [5.74, 6) is -1.06. The molecule has 3 aromatic carbocycles. The van der Waals surface area contributed by atoms with Crippen molar-refractivity contribution < 1.29 is 33.5 Å². The third kappa shape index (κ3) is 16.2. The summed E-state index contributed by atoms with van der Waals surface area (Å²) in [6.07, 6.45) is 15.1. The van der Waals surface area contributed by atoms with Crippen molar-refractivity contribution in [3.05, 3.63) is 121 Å². The van der Waals surface area contributed by atoms with E-state index in [1.807, 2.05) is 72.8 Å². The number of hydrogen-bond donors (Lipinski definition) is 3. The maximum absolute atomic E-state index is 13.0. The highest BCUT2D eigenvalue weighted by molar-refractivity contribution is 7.21. The van der Waals surface area contributed by atoms with E-state index in [1.54, 1.807) is 17.1 Å². The van der Waals surface area contributed by atoms with Gasteiger partial charge in [-0.2, -0.15) is 0 Å². The average molecular weight is 1110 g/mol. The second-order valence-electron chi connectivity index (χ2n) is 17.9. The molecule has 20 heteroatoms.